The van der Waals surface area contributed by atoms with Crippen molar-refractivity contribution in [3.63, 3.8) is 0 Å². The van der Waals surface area contributed by atoms with Gasteiger partial charge in [0.05, 0.1) is 6.54 Å². The van der Waals surface area contributed by atoms with Gasteiger partial charge in [0.25, 0.3) is 5.17 Å². The maximum atomic E-state index is 13.7. The second-order valence-corrected chi connectivity index (χ2v) is 5.13. The van der Waals surface area contributed by atoms with Gasteiger partial charge in [-0.15, -0.1) is 0 Å². The predicted octanol–water partition coefficient (Wildman–Crippen LogP) is 3.67. The topological polar surface area (TPSA) is 12.5 Å². The Morgan fingerprint density at radius 1 is 1.05 bits per heavy atom. The van der Waals surface area contributed by atoms with Crippen molar-refractivity contribution in [2.24, 2.45) is 0 Å². The third-order valence-electron chi connectivity index (χ3n) is 3.50. The Bertz CT molecular complexity index is 604. The summed E-state index contributed by atoms with van der Waals surface area (Å²) in [7, 11) is 0. The summed E-state index contributed by atoms with van der Waals surface area (Å²) in [5, 5.41) is 0.317. The third-order valence-corrected chi connectivity index (χ3v) is 3.80. The number of thiocarbonyl (C=S) groups is 1. The van der Waals surface area contributed by atoms with Crippen LogP contribution < -0.4 is 4.90 Å². The molecule has 0 N–H and O–H groups in total. The van der Waals surface area contributed by atoms with Crippen molar-refractivity contribution in [1.82, 2.24) is 0 Å². The average molecular weight is 287 g/mol. The number of para-hydroxylation sites is 1. The van der Waals surface area contributed by atoms with Crippen molar-refractivity contribution in [2.75, 3.05) is 18.1 Å². The van der Waals surface area contributed by atoms with E-state index in [-0.39, 0.29) is 0 Å². The molecular weight excluding hydrogens is 273 g/mol. The summed E-state index contributed by atoms with van der Waals surface area (Å²) in [5.41, 5.74) is 0.723. The molecule has 3 rings (SSSR count). The zero-order valence-electron chi connectivity index (χ0n) is 10.8. The second kappa shape index (κ2) is 5.21. The van der Waals surface area contributed by atoms with E-state index in [1.54, 1.807) is 0 Å². The monoisotopic (exact) mass is 287 g/mol. The van der Waals surface area contributed by atoms with Crippen LogP contribution in [0.5, 0.6) is 0 Å². The molecule has 4 heteroatoms. The average Bonchev–Trinajstić information content (AvgIpc) is 2.87. The molecule has 2 nitrogen and oxygen atoms in total. The van der Waals surface area contributed by atoms with Crippen molar-refractivity contribution >= 4 is 23.1 Å². The summed E-state index contributed by atoms with van der Waals surface area (Å²) in [5.74, 6) is 0. The fraction of sp³-hybridized carbons (Fsp3) is 0.188. The quantitative estimate of drug-likeness (QED) is 0.799. The van der Waals surface area contributed by atoms with E-state index in [2.05, 4.69) is 0 Å². The van der Waals surface area contributed by atoms with Crippen LogP contribution in [0.1, 0.15) is 5.56 Å². The van der Waals surface area contributed by atoms with Crippen LogP contribution in [0.25, 0.3) is 0 Å². The maximum Gasteiger partial charge on any atom is 0.265 e. The molecule has 2 aromatic rings. The Morgan fingerprint density at radius 3 is 2.25 bits per heavy atom. The Morgan fingerprint density at radius 2 is 1.65 bits per heavy atom. The van der Waals surface area contributed by atoms with Crippen LogP contribution in [0.3, 0.4) is 0 Å². The number of anilines is 1. The van der Waals surface area contributed by atoms with E-state index in [1.807, 2.05) is 65.6 Å². The van der Waals surface area contributed by atoms with Crippen LogP contribution >= 0.6 is 12.2 Å². The number of nitrogens with zero attached hydrogens (tertiary/aromatic N) is 1. The lowest BCUT2D eigenvalue weighted by Crippen LogP contribution is -2.34. The summed E-state index contributed by atoms with van der Waals surface area (Å²) < 4.78 is 19.4. The van der Waals surface area contributed by atoms with Crippen molar-refractivity contribution < 1.29 is 9.13 Å². The van der Waals surface area contributed by atoms with Gasteiger partial charge in [-0.1, -0.05) is 48.5 Å². The van der Waals surface area contributed by atoms with Gasteiger partial charge in [-0.25, -0.2) is 4.39 Å². The number of benzene rings is 2. The molecule has 1 atom stereocenters. The zero-order chi connectivity index (χ0) is 14.0. The largest absolute Gasteiger partial charge is 0.454 e. The Kier molecular flexibility index (Phi) is 3.40. The predicted molar refractivity (Wildman–Crippen MR) is 81.6 cm³/mol. The molecule has 0 radical (unpaired) electrons. The Balaban J connectivity index is 1.96. The summed E-state index contributed by atoms with van der Waals surface area (Å²) >= 11 is 5.27. The smallest absolute Gasteiger partial charge is 0.265 e. The van der Waals surface area contributed by atoms with Crippen LogP contribution in [0.15, 0.2) is 60.7 Å². The third kappa shape index (κ3) is 2.16. The van der Waals surface area contributed by atoms with Gasteiger partial charge in [0.1, 0.15) is 6.67 Å². The number of rotatable bonds is 3. The van der Waals surface area contributed by atoms with Gasteiger partial charge in [0, 0.05) is 5.69 Å². The zero-order valence-corrected chi connectivity index (χ0v) is 11.6. The summed E-state index contributed by atoms with van der Waals surface area (Å²) in [6.07, 6.45) is 0. The highest BCUT2D eigenvalue weighted by Gasteiger charge is 2.45. The molecule has 102 valence electrons. The van der Waals surface area contributed by atoms with Crippen molar-refractivity contribution in [3.8, 4) is 0 Å². The first kappa shape index (κ1) is 13.1. The molecule has 2 aromatic carbocycles. The number of halogens is 1. The minimum Gasteiger partial charge on any atom is -0.454 e. The van der Waals surface area contributed by atoms with Gasteiger partial charge in [-0.3, -0.25) is 4.90 Å². The van der Waals surface area contributed by atoms with Gasteiger partial charge in [0.2, 0.25) is 0 Å². The summed E-state index contributed by atoms with van der Waals surface area (Å²) in [6.45, 7) is -0.225. The standard InChI is InChI=1S/C16H14FNOS/c17-11-16(13-7-3-1-4-8-13)12-18(15(20)19-16)14-9-5-2-6-10-14/h1-10H,11-12H2. The highest BCUT2D eigenvalue weighted by Crippen LogP contribution is 2.36. The Hall–Kier alpha value is -1.94. The molecule has 1 aliphatic heterocycles. The Labute approximate surface area is 122 Å². The fourth-order valence-corrected chi connectivity index (χ4v) is 2.75. The molecule has 1 aliphatic rings. The first-order valence-corrected chi connectivity index (χ1v) is 6.83. The molecule has 20 heavy (non-hydrogen) atoms. The molecule has 1 unspecified atom stereocenters. The van der Waals surface area contributed by atoms with Crippen LogP contribution in [0.4, 0.5) is 10.1 Å². The molecule has 0 amide bonds. The minimum absolute atomic E-state index is 0.317. The van der Waals surface area contributed by atoms with Gasteiger partial charge in [0.15, 0.2) is 5.60 Å². The fourth-order valence-electron chi connectivity index (χ4n) is 2.42. The molecule has 1 heterocycles. The van der Waals surface area contributed by atoms with Gasteiger partial charge < -0.3 is 4.74 Å². The first-order chi connectivity index (χ1) is 9.75. The van der Waals surface area contributed by atoms with E-state index in [9.17, 15) is 4.39 Å². The lowest BCUT2D eigenvalue weighted by atomic mass is 9.95. The minimum atomic E-state index is -1.01. The van der Waals surface area contributed by atoms with Crippen molar-refractivity contribution in [2.45, 2.75) is 5.60 Å². The molecule has 0 saturated carbocycles. The second-order valence-electron chi connectivity index (χ2n) is 4.78. The highest BCUT2D eigenvalue weighted by molar-refractivity contribution is 7.80. The van der Waals surface area contributed by atoms with Gasteiger partial charge in [-0.05, 0) is 29.9 Å². The summed E-state index contributed by atoms with van der Waals surface area (Å²) in [6, 6.07) is 19.1. The molecular formula is C16H14FNOS. The van der Waals surface area contributed by atoms with E-state index in [1.165, 1.54) is 0 Å². The molecule has 0 bridgehead atoms. The number of hydrogen-bond donors (Lipinski definition) is 0. The number of hydrogen-bond acceptors (Lipinski definition) is 2. The van der Waals surface area contributed by atoms with E-state index in [0.29, 0.717) is 11.7 Å². The van der Waals surface area contributed by atoms with E-state index >= 15 is 0 Å². The van der Waals surface area contributed by atoms with Crippen molar-refractivity contribution in [1.29, 1.82) is 0 Å². The molecule has 1 saturated heterocycles. The SMILES string of the molecule is FCC1(c2ccccc2)CN(c2ccccc2)C(=S)O1. The maximum absolute atomic E-state index is 13.7. The van der Waals surface area contributed by atoms with E-state index in [0.717, 1.165) is 11.3 Å². The highest BCUT2D eigenvalue weighted by atomic mass is 32.1. The van der Waals surface area contributed by atoms with Crippen LogP contribution in [0.2, 0.25) is 0 Å². The number of ether oxygens (including phenoxy) is 1. The van der Waals surface area contributed by atoms with Crippen LogP contribution in [0, 0.1) is 0 Å². The molecule has 0 aliphatic carbocycles. The normalized spacial score (nSPS) is 21.9. The first-order valence-electron chi connectivity index (χ1n) is 6.42. The lowest BCUT2D eigenvalue weighted by molar-refractivity contribution is 0.0640. The van der Waals surface area contributed by atoms with Gasteiger partial charge >= 0.3 is 0 Å². The van der Waals surface area contributed by atoms with Crippen molar-refractivity contribution in [3.05, 3.63) is 66.2 Å². The molecule has 1 fully saturated rings. The van der Waals surface area contributed by atoms with E-state index in [4.69, 9.17) is 17.0 Å². The van der Waals surface area contributed by atoms with Gasteiger partial charge in [-0.2, -0.15) is 0 Å². The van der Waals surface area contributed by atoms with Crippen LogP contribution in [-0.4, -0.2) is 18.4 Å². The number of alkyl halides is 1. The van der Waals surface area contributed by atoms with Crippen LogP contribution in [-0.2, 0) is 10.3 Å². The lowest BCUT2D eigenvalue weighted by Gasteiger charge is -2.24. The molecule has 0 spiro atoms. The summed E-state index contributed by atoms with van der Waals surface area (Å²) in [4.78, 5) is 1.84. The van der Waals surface area contributed by atoms with E-state index < -0.39 is 12.3 Å². The molecule has 0 aromatic heterocycles.